The molecule has 3 N–H and O–H groups in total. The van der Waals surface area contributed by atoms with Gasteiger partial charge in [0.1, 0.15) is 5.82 Å². The molecule has 0 aliphatic heterocycles. The highest BCUT2D eigenvalue weighted by atomic mass is 32.2. The van der Waals surface area contributed by atoms with Gasteiger partial charge in [0.05, 0.1) is 21.5 Å². The minimum atomic E-state index is -3.55. The topological polar surface area (TPSA) is 112 Å². The van der Waals surface area contributed by atoms with Crippen LogP contribution in [0.2, 0.25) is 0 Å². The first-order valence-corrected chi connectivity index (χ1v) is 8.71. The normalized spacial score (nSPS) is 11.7. The monoisotopic (exact) mass is 345 g/mol. The maximum Gasteiger partial charge on any atom is 0.335 e. The zero-order valence-electron chi connectivity index (χ0n) is 12.6. The molecule has 1 heterocycles. The standard InChI is InChI=1S/C16H15N3O4S/c20-16(21)11-6-7-13-14(10-11)19-15(18-13)8-9-17-24(22,23)12-4-2-1-3-5-12/h1-7,10,17H,8-9H2,(H,18,19)(H,20,21). The van der Waals surface area contributed by atoms with E-state index >= 15 is 0 Å². The predicted molar refractivity (Wildman–Crippen MR) is 88.4 cm³/mol. The third-order valence-corrected chi connectivity index (χ3v) is 4.96. The Hall–Kier alpha value is -2.71. The fourth-order valence-electron chi connectivity index (χ4n) is 2.30. The van der Waals surface area contributed by atoms with Gasteiger partial charge in [0.25, 0.3) is 0 Å². The molecule has 0 spiro atoms. The van der Waals surface area contributed by atoms with Gasteiger partial charge in [0.2, 0.25) is 10.0 Å². The van der Waals surface area contributed by atoms with Crippen LogP contribution in [0.15, 0.2) is 53.4 Å². The fraction of sp³-hybridized carbons (Fsp3) is 0.125. The minimum Gasteiger partial charge on any atom is -0.478 e. The van der Waals surface area contributed by atoms with E-state index in [-0.39, 0.29) is 17.0 Å². The Labute approximate surface area is 138 Å². The first-order valence-electron chi connectivity index (χ1n) is 7.22. The van der Waals surface area contributed by atoms with Crippen molar-refractivity contribution in [2.24, 2.45) is 0 Å². The molecular weight excluding hydrogens is 330 g/mol. The Bertz CT molecular complexity index is 981. The second-order valence-electron chi connectivity index (χ2n) is 5.18. The van der Waals surface area contributed by atoms with Crippen molar-refractivity contribution >= 4 is 27.0 Å². The van der Waals surface area contributed by atoms with Crippen LogP contribution in [0.5, 0.6) is 0 Å². The van der Waals surface area contributed by atoms with Crippen LogP contribution in [0.1, 0.15) is 16.2 Å². The lowest BCUT2D eigenvalue weighted by Gasteiger charge is -2.05. The molecule has 3 aromatic rings. The predicted octanol–water partition coefficient (Wildman–Crippen LogP) is 1.78. The van der Waals surface area contributed by atoms with Gasteiger partial charge in [-0.05, 0) is 30.3 Å². The van der Waals surface area contributed by atoms with E-state index in [1.807, 2.05) is 0 Å². The molecule has 0 fully saturated rings. The van der Waals surface area contributed by atoms with E-state index in [4.69, 9.17) is 5.11 Å². The van der Waals surface area contributed by atoms with Crippen LogP contribution in [-0.2, 0) is 16.4 Å². The van der Waals surface area contributed by atoms with Crippen LogP contribution >= 0.6 is 0 Å². The molecule has 124 valence electrons. The largest absolute Gasteiger partial charge is 0.478 e. The lowest BCUT2D eigenvalue weighted by atomic mass is 10.2. The summed E-state index contributed by atoms with van der Waals surface area (Å²) in [5.41, 5.74) is 1.42. The van der Waals surface area contributed by atoms with Gasteiger partial charge in [-0.2, -0.15) is 0 Å². The van der Waals surface area contributed by atoms with Crippen LogP contribution < -0.4 is 4.72 Å². The van der Waals surface area contributed by atoms with Crippen molar-refractivity contribution in [3.63, 3.8) is 0 Å². The van der Waals surface area contributed by atoms with E-state index < -0.39 is 16.0 Å². The summed E-state index contributed by atoms with van der Waals surface area (Å²) in [5, 5.41) is 8.98. The van der Waals surface area contributed by atoms with E-state index in [1.54, 1.807) is 24.3 Å². The lowest BCUT2D eigenvalue weighted by molar-refractivity contribution is 0.0697. The van der Waals surface area contributed by atoms with Gasteiger partial charge in [-0.1, -0.05) is 18.2 Å². The zero-order chi connectivity index (χ0) is 17.2. The number of carbonyl (C=O) groups is 1. The van der Waals surface area contributed by atoms with E-state index in [0.717, 1.165) is 0 Å². The number of fused-ring (bicyclic) bond motifs is 1. The number of H-pyrrole nitrogens is 1. The molecule has 0 saturated heterocycles. The Kier molecular flexibility index (Phi) is 4.32. The molecule has 0 aliphatic rings. The number of rotatable bonds is 6. The first kappa shape index (κ1) is 16.2. The smallest absolute Gasteiger partial charge is 0.335 e. The maximum atomic E-state index is 12.1. The van der Waals surface area contributed by atoms with Crippen LogP contribution in [0.3, 0.4) is 0 Å². The quantitative estimate of drug-likeness (QED) is 0.630. The molecule has 0 unspecified atom stereocenters. The number of carboxylic acids is 1. The van der Waals surface area contributed by atoms with Crippen molar-refractivity contribution in [2.75, 3.05) is 6.54 Å². The third kappa shape index (κ3) is 3.44. The molecule has 0 bridgehead atoms. The summed E-state index contributed by atoms with van der Waals surface area (Å²) in [6, 6.07) is 12.7. The first-order chi connectivity index (χ1) is 11.5. The molecule has 0 atom stereocenters. The summed E-state index contributed by atoms with van der Waals surface area (Å²) in [7, 11) is -3.55. The number of nitrogens with zero attached hydrogens (tertiary/aromatic N) is 1. The number of imidazole rings is 1. The zero-order valence-corrected chi connectivity index (χ0v) is 13.4. The SMILES string of the molecule is O=C(O)c1ccc2nc(CCNS(=O)(=O)c3ccccc3)[nH]c2c1. The summed E-state index contributed by atoms with van der Waals surface area (Å²) < 4.78 is 26.7. The highest BCUT2D eigenvalue weighted by Crippen LogP contribution is 2.14. The van der Waals surface area contributed by atoms with Gasteiger partial charge in [-0.15, -0.1) is 0 Å². The Morgan fingerprint density at radius 3 is 2.62 bits per heavy atom. The molecule has 3 rings (SSSR count). The minimum absolute atomic E-state index is 0.169. The van der Waals surface area contributed by atoms with Crippen molar-refractivity contribution in [1.82, 2.24) is 14.7 Å². The second kappa shape index (κ2) is 6.42. The molecule has 24 heavy (non-hydrogen) atoms. The summed E-state index contributed by atoms with van der Waals surface area (Å²) in [4.78, 5) is 18.5. The molecule has 2 aromatic carbocycles. The summed E-state index contributed by atoms with van der Waals surface area (Å²) in [5.74, 6) is -0.424. The number of aromatic amines is 1. The van der Waals surface area contributed by atoms with Gasteiger partial charge in [0.15, 0.2) is 0 Å². The van der Waals surface area contributed by atoms with E-state index in [9.17, 15) is 13.2 Å². The molecule has 0 amide bonds. The highest BCUT2D eigenvalue weighted by Gasteiger charge is 2.13. The third-order valence-electron chi connectivity index (χ3n) is 3.49. The van der Waals surface area contributed by atoms with Gasteiger partial charge < -0.3 is 10.1 Å². The number of carboxylic acid groups (broad SMARTS) is 1. The molecule has 1 aromatic heterocycles. The molecular formula is C16H15N3O4S. The summed E-state index contributed by atoms with van der Waals surface area (Å²) in [6.45, 7) is 0.183. The van der Waals surface area contributed by atoms with Crippen LogP contribution in [0.25, 0.3) is 11.0 Å². The van der Waals surface area contributed by atoms with Gasteiger partial charge in [-0.25, -0.2) is 22.9 Å². The Morgan fingerprint density at radius 2 is 1.92 bits per heavy atom. The van der Waals surface area contributed by atoms with E-state index in [1.165, 1.54) is 24.3 Å². The number of sulfonamides is 1. The molecule has 0 saturated carbocycles. The van der Waals surface area contributed by atoms with Crippen LogP contribution in [0.4, 0.5) is 0 Å². The molecule has 7 nitrogen and oxygen atoms in total. The van der Waals surface area contributed by atoms with Crippen molar-refractivity contribution in [3.05, 3.63) is 59.9 Å². The Morgan fingerprint density at radius 1 is 1.17 bits per heavy atom. The van der Waals surface area contributed by atoms with Crippen molar-refractivity contribution in [2.45, 2.75) is 11.3 Å². The van der Waals surface area contributed by atoms with E-state index in [0.29, 0.717) is 23.3 Å². The highest BCUT2D eigenvalue weighted by molar-refractivity contribution is 7.89. The van der Waals surface area contributed by atoms with Gasteiger partial charge >= 0.3 is 5.97 Å². The number of hydrogen-bond acceptors (Lipinski definition) is 4. The molecule has 0 radical (unpaired) electrons. The van der Waals surface area contributed by atoms with Crippen molar-refractivity contribution in [1.29, 1.82) is 0 Å². The van der Waals surface area contributed by atoms with Gasteiger partial charge in [-0.3, -0.25) is 0 Å². The second-order valence-corrected chi connectivity index (χ2v) is 6.95. The number of aromatic nitrogens is 2. The van der Waals surface area contributed by atoms with Crippen molar-refractivity contribution < 1.29 is 18.3 Å². The number of aromatic carboxylic acids is 1. The summed E-state index contributed by atoms with van der Waals surface area (Å²) in [6.07, 6.45) is 0.364. The molecule has 8 heteroatoms. The fourth-order valence-corrected chi connectivity index (χ4v) is 3.35. The van der Waals surface area contributed by atoms with Gasteiger partial charge in [0, 0.05) is 13.0 Å². The van der Waals surface area contributed by atoms with Crippen LogP contribution in [-0.4, -0.2) is 36.0 Å². The number of benzene rings is 2. The Balaban J connectivity index is 1.69. The van der Waals surface area contributed by atoms with Crippen molar-refractivity contribution in [3.8, 4) is 0 Å². The average molecular weight is 345 g/mol. The number of nitrogens with one attached hydrogen (secondary N) is 2. The lowest BCUT2D eigenvalue weighted by Crippen LogP contribution is -2.26. The van der Waals surface area contributed by atoms with E-state index in [2.05, 4.69) is 14.7 Å². The maximum absolute atomic E-state index is 12.1. The van der Waals surface area contributed by atoms with Crippen LogP contribution in [0, 0.1) is 0 Å². The average Bonchev–Trinajstić information content (AvgIpc) is 2.97. The molecule has 0 aliphatic carbocycles. The summed E-state index contributed by atoms with van der Waals surface area (Å²) >= 11 is 0. The number of hydrogen-bond donors (Lipinski definition) is 3.